The highest BCUT2D eigenvalue weighted by atomic mass is 32.2. The molecule has 5 nitrogen and oxygen atoms in total. The first kappa shape index (κ1) is 13.5. The number of pyridine rings is 1. The van der Waals surface area contributed by atoms with E-state index in [4.69, 9.17) is 5.73 Å². The lowest BCUT2D eigenvalue weighted by molar-refractivity contribution is 0.427. The van der Waals surface area contributed by atoms with Crippen LogP contribution in [0.1, 0.15) is 38.3 Å². The molecule has 0 unspecified atom stereocenters. The van der Waals surface area contributed by atoms with E-state index >= 15 is 0 Å². The summed E-state index contributed by atoms with van der Waals surface area (Å²) in [5, 5.41) is 0. The van der Waals surface area contributed by atoms with Crippen LogP contribution >= 0.6 is 0 Å². The lowest BCUT2D eigenvalue weighted by atomic mass is 10.0. The van der Waals surface area contributed by atoms with Crippen molar-refractivity contribution < 1.29 is 8.42 Å². The Kier molecular flexibility index (Phi) is 3.70. The lowest BCUT2D eigenvalue weighted by Gasteiger charge is -2.24. The molecule has 1 aliphatic carbocycles. The summed E-state index contributed by atoms with van der Waals surface area (Å²) in [6, 6.07) is 3.20. The van der Waals surface area contributed by atoms with Crippen molar-refractivity contribution in [2.24, 2.45) is 5.73 Å². The van der Waals surface area contributed by atoms with Gasteiger partial charge in [0.1, 0.15) is 4.90 Å². The van der Waals surface area contributed by atoms with Crippen LogP contribution in [0.3, 0.4) is 0 Å². The van der Waals surface area contributed by atoms with Crippen molar-refractivity contribution in [3.05, 3.63) is 24.0 Å². The van der Waals surface area contributed by atoms with Crippen molar-refractivity contribution in [2.75, 3.05) is 0 Å². The molecule has 0 radical (unpaired) electrons. The van der Waals surface area contributed by atoms with Crippen LogP contribution in [0.15, 0.2) is 23.2 Å². The van der Waals surface area contributed by atoms with Gasteiger partial charge in [-0.3, -0.25) is 4.98 Å². The first-order chi connectivity index (χ1) is 8.45. The predicted octanol–water partition coefficient (Wildman–Crippen LogP) is 1.15. The highest BCUT2D eigenvalue weighted by molar-refractivity contribution is 7.89. The Bertz CT molecular complexity index is 505. The lowest BCUT2D eigenvalue weighted by Crippen LogP contribution is -2.43. The second-order valence-electron chi connectivity index (χ2n) is 5.06. The molecule has 0 amide bonds. The molecular formula is C12H19N3O2S. The Balaban J connectivity index is 2.19. The molecule has 3 N–H and O–H groups in total. The number of hydrogen-bond donors (Lipinski definition) is 2. The van der Waals surface area contributed by atoms with Crippen LogP contribution in [-0.4, -0.2) is 18.9 Å². The first-order valence-electron chi connectivity index (χ1n) is 6.14. The molecule has 1 aromatic rings. The highest BCUT2D eigenvalue weighted by Crippen LogP contribution is 2.30. The van der Waals surface area contributed by atoms with E-state index in [1.54, 1.807) is 12.1 Å². The monoisotopic (exact) mass is 269 g/mol. The molecule has 0 bridgehead atoms. The second-order valence-corrected chi connectivity index (χ2v) is 6.75. The number of rotatable bonds is 4. The van der Waals surface area contributed by atoms with E-state index < -0.39 is 10.0 Å². The average Bonchev–Trinajstić information content (AvgIpc) is 2.75. The largest absolute Gasteiger partial charge is 0.325 e. The molecule has 1 saturated carbocycles. The van der Waals surface area contributed by atoms with Crippen LogP contribution < -0.4 is 10.5 Å². The van der Waals surface area contributed by atoms with Crippen molar-refractivity contribution in [1.29, 1.82) is 0 Å². The highest BCUT2D eigenvalue weighted by Gasteiger charge is 2.33. The maximum absolute atomic E-state index is 12.2. The van der Waals surface area contributed by atoms with E-state index in [1.807, 2.05) is 6.92 Å². The van der Waals surface area contributed by atoms with Gasteiger partial charge in [-0.2, -0.15) is 0 Å². The topological polar surface area (TPSA) is 85.1 Å². The minimum absolute atomic E-state index is 0.202. The zero-order chi connectivity index (χ0) is 13.2. The van der Waals surface area contributed by atoms with Crippen LogP contribution in [0.2, 0.25) is 0 Å². The number of nitrogens with two attached hydrogens (primary N) is 1. The predicted molar refractivity (Wildman–Crippen MR) is 69.3 cm³/mol. The molecule has 100 valence electrons. The third-order valence-electron chi connectivity index (χ3n) is 3.40. The number of aromatic nitrogens is 1. The van der Waals surface area contributed by atoms with Crippen LogP contribution in [-0.2, 0) is 16.6 Å². The molecule has 0 aliphatic heterocycles. The Morgan fingerprint density at radius 2 is 2.06 bits per heavy atom. The fraction of sp³-hybridized carbons (Fsp3) is 0.583. The fourth-order valence-electron chi connectivity index (χ4n) is 2.33. The Morgan fingerprint density at radius 3 is 2.56 bits per heavy atom. The maximum Gasteiger partial charge on any atom is 0.242 e. The molecule has 1 aromatic heterocycles. The normalized spacial score (nSPS) is 19.0. The number of hydrogen-bond acceptors (Lipinski definition) is 4. The minimum atomic E-state index is -3.48. The molecule has 1 aliphatic rings. The van der Waals surface area contributed by atoms with E-state index in [0.29, 0.717) is 12.2 Å². The van der Waals surface area contributed by atoms with Gasteiger partial charge in [0, 0.05) is 18.3 Å². The van der Waals surface area contributed by atoms with Crippen molar-refractivity contribution in [3.63, 3.8) is 0 Å². The number of sulfonamides is 1. The van der Waals surface area contributed by atoms with Crippen LogP contribution in [0.25, 0.3) is 0 Å². The van der Waals surface area contributed by atoms with E-state index in [1.165, 1.54) is 6.20 Å². The van der Waals surface area contributed by atoms with Gasteiger partial charge in [0.2, 0.25) is 10.0 Å². The van der Waals surface area contributed by atoms with Crippen LogP contribution in [0.4, 0.5) is 0 Å². The molecule has 0 atom stereocenters. The molecule has 6 heteroatoms. The molecule has 1 heterocycles. The Hall–Kier alpha value is -0.980. The van der Waals surface area contributed by atoms with Crippen LogP contribution in [0.5, 0.6) is 0 Å². The third-order valence-corrected chi connectivity index (χ3v) is 5.03. The van der Waals surface area contributed by atoms with Gasteiger partial charge in [-0.15, -0.1) is 0 Å². The van der Waals surface area contributed by atoms with Gasteiger partial charge in [-0.1, -0.05) is 12.8 Å². The molecule has 0 saturated heterocycles. The van der Waals surface area contributed by atoms with Gasteiger partial charge in [0.25, 0.3) is 0 Å². The van der Waals surface area contributed by atoms with E-state index in [9.17, 15) is 8.42 Å². The second kappa shape index (κ2) is 4.95. The molecule has 0 spiro atoms. The van der Waals surface area contributed by atoms with Gasteiger partial charge in [0.05, 0.1) is 5.69 Å². The summed E-state index contributed by atoms with van der Waals surface area (Å²) in [5.74, 6) is 0. The average molecular weight is 269 g/mol. The summed E-state index contributed by atoms with van der Waals surface area (Å²) in [5.41, 5.74) is 5.80. The summed E-state index contributed by atoms with van der Waals surface area (Å²) in [6.07, 6.45) is 5.29. The van der Waals surface area contributed by atoms with E-state index in [0.717, 1.165) is 25.7 Å². The molecule has 18 heavy (non-hydrogen) atoms. The van der Waals surface area contributed by atoms with Gasteiger partial charge < -0.3 is 5.73 Å². The van der Waals surface area contributed by atoms with Crippen molar-refractivity contribution in [3.8, 4) is 0 Å². The molecule has 0 aromatic carbocycles. The number of nitrogens with one attached hydrogen (secondary N) is 1. The maximum atomic E-state index is 12.2. The third kappa shape index (κ3) is 2.88. The first-order valence-corrected chi connectivity index (χ1v) is 7.62. The smallest absolute Gasteiger partial charge is 0.242 e. The van der Waals surface area contributed by atoms with E-state index in [-0.39, 0.29) is 10.4 Å². The summed E-state index contributed by atoms with van der Waals surface area (Å²) >= 11 is 0. The summed E-state index contributed by atoms with van der Waals surface area (Å²) in [6.45, 7) is 2.27. The minimum Gasteiger partial charge on any atom is -0.325 e. The summed E-state index contributed by atoms with van der Waals surface area (Å²) < 4.78 is 27.2. The summed E-state index contributed by atoms with van der Waals surface area (Å²) in [7, 11) is -3.48. The SMILES string of the molecule is CC1(NS(=O)(=O)c2ccc(CN)nc2)CCCC1. The summed E-state index contributed by atoms with van der Waals surface area (Å²) in [4.78, 5) is 4.22. The molecule has 1 fully saturated rings. The van der Waals surface area contributed by atoms with Crippen molar-refractivity contribution in [1.82, 2.24) is 9.71 Å². The van der Waals surface area contributed by atoms with Gasteiger partial charge in [0.15, 0.2) is 0 Å². The van der Waals surface area contributed by atoms with Gasteiger partial charge in [-0.05, 0) is 31.9 Å². The Labute approximate surface area is 108 Å². The quantitative estimate of drug-likeness (QED) is 0.858. The fourth-order valence-corrected chi connectivity index (χ4v) is 3.74. The molecule has 2 rings (SSSR count). The van der Waals surface area contributed by atoms with Gasteiger partial charge >= 0.3 is 0 Å². The standard InChI is InChI=1S/C12H19N3O2S/c1-12(6-2-3-7-12)15-18(16,17)11-5-4-10(8-13)14-9-11/h4-5,9,15H,2-3,6-8,13H2,1H3. The zero-order valence-corrected chi connectivity index (χ0v) is 11.3. The van der Waals surface area contributed by atoms with Crippen molar-refractivity contribution >= 4 is 10.0 Å². The van der Waals surface area contributed by atoms with Gasteiger partial charge in [-0.25, -0.2) is 13.1 Å². The van der Waals surface area contributed by atoms with Crippen LogP contribution in [0, 0.1) is 0 Å². The Morgan fingerprint density at radius 1 is 1.39 bits per heavy atom. The van der Waals surface area contributed by atoms with E-state index in [2.05, 4.69) is 9.71 Å². The van der Waals surface area contributed by atoms with Crippen molar-refractivity contribution in [2.45, 2.75) is 49.6 Å². The number of nitrogens with zero attached hydrogens (tertiary/aromatic N) is 1. The zero-order valence-electron chi connectivity index (χ0n) is 10.5. The molecular weight excluding hydrogens is 250 g/mol.